The minimum atomic E-state index is 0.740. The first-order chi connectivity index (χ1) is 7.36. The van der Waals surface area contributed by atoms with Crippen molar-refractivity contribution < 1.29 is 0 Å². The smallest absolute Gasteiger partial charge is 0.0195 e. The maximum absolute atomic E-state index is 3.41. The summed E-state index contributed by atoms with van der Waals surface area (Å²) in [6.07, 6.45) is 0. The lowest BCUT2D eigenvalue weighted by molar-refractivity contribution is 0.148. The molecule has 0 aromatic carbocycles. The van der Waals surface area contributed by atoms with Crippen LogP contribution >= 0.6 is 11.8 Å². The average molecular weight is 229 g/mol. The van der Waals surface area contributed by atoms with E-state index in [1.807, 2.05) is 0 Å². The van der Waals surface area contributed by atoms with Gasteiger partial charge in [-0.1, -0.05) is 0 Å². The van der Waals surface area contributed by atoms with Gasteiger partial charge in [0.15, 0.2) is 0 Å². The molecule has 15 heavy (non-hydrogen) atoms. The van der Waals surface area contributed by atoms with E-state index in [-0.39, 0.29) is 0 Å². The van der Waals surface area contributed by atoms with Gasteiger partial charge in [0.1, 0.15) is 0 Å². The first-order valence-corrected chi connectivity index (χ1v) is 7.26. The second-order valence-corrected chi connectivity index (χ2v) is 5.77. The lowest BCUT2D eigenvalue weighted by Gasteiger charge is -2.36. The fourth-order valence-electron chi connectivity index (χ4n) is 2.40. The Morgan fingerprint density at radius 2 is 1.80 bits per heavy atom. The standard InChI is InChI=1S/C11H23N3S/c1-11(14-6-8-15-9-7-14)10-13-4-2-12-3-5-13/h11-12H,2-10H2,1H3. The van der Waals surface area contributed by atoms with Crippen LogP contribution in [0, 0.1) is 0 Å². The molecule has 0 aromatic heterocycles. The third-order valence-electron chi connectivity index (χ3n) is 3.40. The molecule has 2 rings (SSSR count). The van der Waals surface area contributed by atoms with Crippen molar-refractivity contribution in [3.8, 4) is 0 Å². The first kappa shape index (κ1) is 11.7. The van der Waals surface area contributed by atoms with Crippen molar-refractivity contribution in [2.45, 2.75) is 13.0 Å². The molecular formula is C11H23N3S. The molecule has 4 heteroatoms. The van der Waals surface area contributed by atoms with Gasteiger partial charge >= 0.3 is 0 Å². The second-order valence-electron chi connectivity index (χ2n) is 4.55. The Balaban J connectivity index is 1.72. The molecule has 88 valence electrons. The molecule has 0 amide bonds. The van der Waals surface area contributed by atoms with Gasteiger partial charge < -0.3 is 5.32 Å². The maximum Gasteiger partial charge on any atom is 0.0195 e. The zero-order valence-corrected chi connectivity index (χ0v) is 10.6. The predicted octanol–water partition coefficient (Wildman–Crippen LogP) is 0.329. The van der Waals surface area contributed by atoms with Gasteiger partial charge in [0.05, 0.1) is 0 Å². The van der Waals surface area contributed by atoms with Crippen molar-refractivity contribution in [2.75, 3.05) is 57.3 Å². The van der Waals surface area contributed by atoms with E-state index >= 15 is 0 Å². The van der Waals surface area contributed by atoms with E-state index in [1.54, 1.807) is 0 Å². The van der Waals surface area contributed by atoms with E-state index < -0.39 is 0 Å². The van der Waals surface area contributed by atoms with Gasteiger partial charge in [-0.25, -0.2) is 0 Å². The Labute approximate surface area is 97.6 Å². The van der Waals surface area contributed by atoms with Crippen molar-refractivity contribution in [3.63, 3.8) is 0 Å². The van der Waals surface area contributed by atoms with Crippen LogP contribution in [0.15, 0.2) is 0 Å². The van der Waals surface area contributed by atoms with Crippen LogP contribution in [0.1, 0.15) is 6.92 Å². The van der Waals surface area contributed by atoms with Crippen molar-refractivity contribution in [2.24, 2.45) is 0 Å². The highest BCUT2D eigenvalue weighted by Gasteiger charge is 2.20. The van der Waals surface area contributed by atoms with Gasteiger partial charge in [-0.15, -0.1) is 0 Å². The highest BCUT2D eigenvalue weighted by Crippen LogP contribution is 2.12. The maximum atomic E-state index is 3.41. The largest absolute Gasteiger partial charge is 0.314 e. The Morgan fingerprint density at radius 1 is 1.13 bits per heavy atom. The molecule has 0 radical (unpaired) electrons. The number of hydrogen-bond acceptors (Lipinski definition) is 4. The molecule has 2 saturated heterocycles. The fourth-order valence-corrected chi connectivity index (χ4v) is 3.33. The van der Waals surface area contributed by atoms with Crippen LogP contribution in [0.4, 0.5) is 0 Å². The first-order valence-electron chi connectivity index (χ1n) is 6.11. The molecule has 2 fully saturated rings. The second kappa shape index (κ2) is 6.09. The van der Waals surface area contributed by atoms with E-state index in [2.05, 4.69) is 33.8 Å². The number of nitrogens with one attached hydrogen (secondary N) is 1. The number of nitrogens with zero attached hydrogens (tertiary/aromatic N) is 2. The summed E-state index contributed by atoms with van der Waals surface area (Å²) in [7, 11) is 0. The van der Waals surface area contributed by atoms with Gasteiger partial charge in [-0.2, -0.15) is 11.8 Å². The summed E-state index contributed by atoms with van der Waals surface area (Å²) >= 11 is 2.10. The van der Waals surface area contributed by atoms with E-state index in [0.29, 0.717) is 0 Å². The van der Waals surface area contributed by atoms with E-state index in [4.69, 9.17) is 0 Å². The topological polar surface area (TPSA) is 18.5 Å². The Kier molecular flexibility index (Phi) is 4.75. The van der Waals surface area contributed by atoms with Gasteiger partial charge in [-0.3, -0.25) is 9.80 Å². The monoisotopic (exact) mass is 229 g/mol. The van der Waals surface area contributed by atoms with Crippen molar-refractivity contribution in [1.29, 1.82) is 0 Å². The fraction of sp³-hybridized carbons (Fsp3) is 1.00. The Morgan fingerprint density at radius 3 is 2.47 bits per heavy atom. The van der Waals surface area contributed by atoms with Crippen molar-refractivity contribution in [1.82, 2.24) is 15.1 Å². The van der Waals surface area contributed by atoms with Gasteiger partial charge in [0, 0.05) is 63.4 Å². The van der Waals surface area contributed by atoms with Gasteiger partial charge in [-0.05, 0) is 6.92 Å². The number of hydrogen-bond donors (Lipinski definition) is 1. The Bertz CT molecular complexity index is 177. The molecule has 2 aliphatic rings. The minimum absolute atomic E-state index is 0.740. The number of thioether (sulfide) groups is 1. The highest BCUT2D eigenvalue weighted by molar-refractivity contribution is 7.99. The quantitative estimate of drug-likeness (QED) is 0.751. The van der Waals surface area contributed by atoms with E-state index in [0.717, 1.165) is 6.04 Å². The lowest BCUT2D eigenvalue weighted by atomic mass is 10.2. The molecule has 1 unspecified atom stereocenters. The third-order valence-corrected chi connectivity index (χ3v) is 4.34. The molecule has 2 aliphatic heterocycles. The lowest BCUT2D eigenvalue weighted by Crippen LogP contribution is -2.50. The summed E-state index contributed by atoms with van der Waals surface area (Å²) in [5.74, 6) is 2.65. The molecule has 0 saturated carbocycles. The van der Waals surface area contributed by atoms with Crippen LogP contribution in [-0.4, -0.2) is 73.2 Å². The van der Waals surface area contributed by atoms with Crippen molar-refractivity contribution in [3.05, 3.63) is 0 Å². The zero-order chi connectivity index (χ0) is 10.5. The van der Waals surface area contributed by atoms with Crippen LogP contribution in [0.5, 0.6) is 0 Å². The zero-order valence-electron chi connectivity index (χ0n) is 9.74. The molecule has 0 aromatic rings. The van der Waals surface area contributed by atoms with Gasteiger partial charge in [0.2, 0.25) is 0 Å². The normalized spacial score (nSPS) is 27.8. The molecule has 1 N–H and O–H groups in total. The highest BCUT2D eigenvalue weighted by atomic mass is 32.2. The summed E-state index contributed by atoms with van der Waals surface area (Å²) in [6, 6.07) is 0.740. The summed E-state index contributed by atoms with van der Waals surface area (Å²) in [6.45, 7) is 11.0. The average Bonchev–Trinajstić information content (AvgIpc) is 2.31. The summed E-state index contributed by atoms with van der Waals surface area (Å²) in [4.78, 5) is 5.25. The third kappa shape index (κ3) is 3.63. The SMILES string of the molecule is CC(CN1CCNCC1)N1CCSCC1. The summed E-state index contributed by atoms with van der Waals surface area (Å²) in [5, 5.41) is 3.41. The number of rotatable bonds is 3. The Hall–Kier alpha value is 0.230. The number of piperazine rings is 1. The van der Waals surface area contributed by atoms with E-state index in [1.165, 1.54) is 57.3 Å². The minimum Gasteiger partial charge on any atom is -0.314 e. The van der Waals surface area contributed by atoms with E-state index in [9.17, 15) is 0 Å². The molecular weight excluding hydrogens is 206 g/mol. The van der Waals surface area contributed by atoms with Gasteiger partial charge in [0.25, 0.3) is 0 Å². The molecule has 0 aliphatic carbocycles. The molecule has 0 bridgehead atoms. The molecule has 0 spiro atoms. The van der Waals surface area contributed by atoms with Crippen LogP contribution < -0.4 is 5.32 Å². The van der Waals surface area contributed by atoms with Crippen LogP contribution in [0.25, 0.3) is 0 Å². The van der Waals surface area contributed by atoms with Crippen LogP contribution in [0.2, 0.25) is 0 Å². The molecule has 1 atom stereocenters. The summed E-state index contributed by atoms with van der Waals surface area (Å²) < 4.78 is 0. The molecule has 3 nitrogen and oxygen atoms in total. The predicted molar refractivity (Wildman–Crippen MR) is 67.7 cm³/mol. The van der Waals surface area contributed by atoms with Crippen molar-refractivity contribution >= 4 is 11.8 Å². The van der Waals surface area contributed by atoms with Crippen LogP contribution in [0.3, 0.4) is 0 Å². The van der Waals surface area contributed by atoms with Crippen LogP contribution in [-0.2, 0) is 0 Å². The molecule has 2 heterocycles. The summed E-state index contributed by atoms with van der Waals surface area (Å²) in [5.41, 5.74) is 0.